The Hall–Kier alpha value is -1.30. The predicted molar refractivity (Wildman–Crippen MR) is 70.9 cm³/mol. The lowest BCUT2D eigenvalue weighted by atomic mass is 10.0. The molecule has 6 nitrogen and oxygen atoms in total. The third-order valence-corrected chi connectivity index (χ3v) is 3.37. The monoisotopic (exact) mass is 272 g/mol. The number of likely N-dealkylation sites (tertiary alicyclic amines) is 1. The van der Waals surface area contributed by atoms with Crippen LogP contribution in [0, 0.1) is 0 Å². The van der Waals surface area contributed by atoms with E-state index >= 15 is 0 Å². The molecule has 1 atom stereocenters. The molecule has 1 aliphatic heterocycles. The molecule has 1 aliphatic rings. The summed E-state index contributed by atoms with van der Waals surface area (Å²) in [6.45, 7) is 4.25. The maximum Gasteiger partial charge on any atom is 0.318 e. The molecule has 3 N–H and O–H groups in total. The van der Waals surface area contributed by atoms with E-state index in [0.29, 0.717) is 13.0 Å². The number of nitrogens with one attached hydrogen (secondary N) is 1. The van der Waals surface area contributed by atoms with Crippen LogP contribution in [0.1, 0.15) is 46.0 Å². The molecule has 1 unspecified atom stereocenters. The molecule has 1 heterocycles. The van der Waals surface area contributed by atoms with E-state index in [1.807, 2.05) is 0 Å². The van der Waals surface area contributed by atoms with E-state index in [1.54, 1.807) is 18.7 Å². The van der Waals surface area contributed by atoms with E-state index in [2.05, 4.69) is 5.32 Å². The van der Waals surface area contributed by atoms with E-state index in [4.69, 9.17) is 10.2 Å². The number of aliphatic hydroxyl groups excluding tert-OH is 1. The molecule has 1 saturated heterocycles. The fraction of sp³-hybridized carbons (Fsp3) is 0.846. The van der Waals surface area contributed by atoms with Crippen molar-refractivity contribution in [2.24, 2.45) is 0 Å². The number of hydrogen-bond acceptors (Lipinski definition) is 3. The highest BCUT2D eigenvalue weighted by atomic mass is 16.4. The van der Waals surface area contributed by atoms with Gasteiger partial charge in [0, 0.05) is 24.7 Å². The molecular formula is C13H24N2O4. The fourth-order valence-electron chi connectivity index (χ4n) is 2.51. The molecule has 0 aliphatic carbocycles. The van der Waals surface area contributed by atoms with Crippen molar-refractivity contribution in [2.75, 3.05) is 13.2 Å². The zero-order valence-corrected chi connectivity index (χ0v) is 11.7. The summed E-state index contributed by atoms with van der Waals surface area (Å²) in [7, 11) is 0. The molecule has 19 heavy (non-hydrogen) atoms. The summed E-state index contributed by atoms with van der Waals surface area (Å²) < 4.78 is 0. The highest BCUT2D eigenvalue weighted by Crippen LogP contribution is 2.22. The van der Waals surface area contributed by atoms with Crippen LogP contribution in [-0.2, 0) is 4.79 Å². The van der Waals surface area contributed by atoms with Crippen molar-refractivity contribution >= 4 is 12.0 Å². The molecule has 0 aromatic rings. The molecular weight excluding hydrogens is 248 g/mol. The van der Waals surface area contributed by atoms with Crippen molar-refractivity contribution in [2.45, 2.75) is 57.5 Å². The molecule has 0 aromatic carbocycles. The first-order valence-electron chi connectivity index (χ1n) is 6.77. The summed E-state index contributed by atoms with van der Waals surface area (Å²) in [5.74, 6) is -0.927. The zero-order chi connectivity index (χ0) is 14.5. The Morgan fingerprint density at radius 1 is 1.42 bits per heavy atom. The molecule has 0 aromatic heterocycles. The highest BCUT2D eigenvalue weighted by Gasteiger charge is 2.32. The average Bonchev–Trinajstić information content (AvgIpc) is 2.71. The number of amides is 2. The van der Waals surface area contributed by atoms with Gasteiger partial charge in [-0.2, -0.15) is 0 Å². The average molecular weight is 272 g/mol. The fourth-order valence-corrected chi connectivity index (χ4v) is 2.51. The summed E-state index contributed by atoms with van der Waals surface area (Å²) >= 11 is 0. The minimum absolute atomic E-state index is 0.103. The van der Waals surface area contributed by atoms with Crippen LogP contribution >= 0.6 is 0 Å². The topological polar surface area (TPSA) is 89.9 Å². The van der Waals surface area contributed by atoms with Crippen molar-refractivity contribution in [3.05, 3.63) is 0 Å². The number of rotatable bonds is 6. The zero-order valence-electron chi connectivity index (χ0n) is 11.7. The number of carbonyl (C=O) groups is 2. The Morgan fingerprint density at radius 3 is 2.68 bits per heavy atom. The Labute approximate surface area is 113 Å². The molecule has 2 amide bonds. The van der Waals surface area contributed by atoms with Crippen LogP contribution < -0.4 is 5.32 Å². The third kappa shape index (κ3) is 5.06. The second-order valence-corrected chi connectivity index (χ2v) is 5.74. The van der Waals surface area contributed by atoms with Gasteiger partial charge in [0.2, 0.25) is 0 Å². The van der Waals surface area contributed by atoms with Crippen molar-refractivity contribution in [1.29, 1.82) is 0 Å². The Balaban J connectivity index is 2.54. The number of nitrogens with zero attached hydrogens (tertiary/aromatic N) is 1. The standard InChI is InChI=1S/C13H24N2O4/c1-13(2,9-11(17)18)14-12(19)15-7-3-5-10(15)6-4-8-16/h10,16H,3-9H2,1-2H3,(H,14,19)(H,17,18). The molecule has 1 rings (SSSR count). The lowest BCUT2D eigenvalue weighted by molar-refractivity contribution is -0.138. The summed E-state index contributed by atoms with van der Waals surface area (Å²) in [5.41, 5.74) is -0.757. The molecule has 6 heteroatoms. The molecule has 1 fully saturated rings. The summed E-state index contributed by atoms with van der Waals surface area (Å²) in [6.07, 6.45) is 3.29. The van der Waals surface area contributed by atoms with Gasteiger partial charge < -0.3 is 20.4 Å². The van der Waals surface area contributed by atoms with Crippen LogP contribution in [0.3, 0.4) is 0 Å². The number of aliphatic hydroxyl groups is 1. The van der Waals surface area contributed by atoms with E-state index in [-0.39, 0.29) is 25.1 Å². The van der Waals surface area contributed by atoms with Crippen molar-refractivity contribution < 1.29 is 19.8 Å². The number of aliphatic carboxylic acids is 1. The van der Waals surface area contributed by atoms with Gasteiger partial charge in [-0.05, 0) is 39.5 Å². The summed E-state index contributed by atoms with van der Waals surface area (Å²) in [5, 5.41) is 20.4. The lowest BCUT2D eigenvalue weighted by Gasteiger charge is -2.31. The third-order valence-electron chi connectivity index (χ3n) is 3.37. The van der Waals surface area contributed by atoms with E-state index < -0.39 is 11.5 Å². The SMILES string of the molecule is CC(C)(CC(=O)O)NC(=O)N1CCCC1CCCO. The van der Waals surface area contributed by atoms with Crippen LogP contribution in [0.25, 0.3) is 0 Å². The summed E-state index contributed by atoms with van der Waals surface area (Å²) in [4.78, 5) is 24.7. The van der Waals surface area contributed by atoms with Crippen LogP contribution in [0.5, 0.6) is 0 Å². The van der Waals surface area contributed by atoms with Crippen LogP contribution in [-0.4, -0.2) is 51.8 Å². The van der Waals surface area contributed by atoms with Gasteiger partial charge in [0.05, 0.1) is 6.42 Å². The first-order chi connectivity index (χ1) is 8.85. The van der Waals surface area contributed by atoms with Gasteiger partial charge in [0.1, 0.15) is 0 Å². The van der Waals surface area contributed by atoms with E-state index in [9.17, 15) is 9.59 Å². The van der Waals surface area contributed by atoms with Crippen molar-refractivity contribution in [1.82, 2.24) is 10.2 Å². The largest absolute Gasteiger partial charge is 0.481 e. The van der Waals surface area contributed by atoms with E-state index in [0.717, 1.165) is 19.3 Å². The van der Waals surface area contributed by atoms with Gasteiger partial charge in [0.25, 0.3) is 0 Å². The number of urea groups is 1. The molecule has 0 bridgehead atoms. The minimum Gasteiger partial charge on any atom is -0.481 e. The van der Waals surface area contributed by atoms with Gasteiger partial charge in [-0.1, -0.05) is 0 Å². The lowest BCUT2D eigenvalue weighted by Crippen LogP contribution is -2.52. The predicted octanol–water partition coefficient (Wildman–Crippen LogP) is 1.19. The van der Waals surface area contributed by atoms with Gasteiger partial charge in [-0.25, -0.2) is 4.79 Å². The van der Waals surface area contributed by atoms with Crippen LogP contribution in [0.15, 0.2) is 0 Å². The van der Waals surface area contributed by atoms with Crippen molar-refractivity contribution in [3.63, 3.8) is 0 Å². The smallest absolute Gasteiger partial charge is 0.318 e. The van der Waals surface area contributed by atoms with Gasteiger partial charge in [0.15, 0.2) is 0 Å². The second-order valence-electron chi connectivity index (χ2n) is 5.74. The highest BCUT2D eigenvalue weighted by molar-refractivity contribution is 5.77. The number of carboxylic acids is 1. The normalized spacial score (nSPS) is 19.5. The maximum atomic E-state index is 12.2. The first-order valence-corrected chi connectivity index (χ1v) is 6.77. The molecule has 0 saturated carbocycles. The number of carboxylic acid groups (broad SMARTS) is 1. The number of hydrogen-bond donors (Lipinski definition) is 3. The molecule has 0 radical (unpaired) electrons. The van der Waals surface area contributed by atoms with Gasteiger partial charge in [-0.3, -0.25) is 4.79 Å². The quantitative estimate of drug-likeness (QED) is 0.677. The second kappa shape index (κ2) is 6.75. The van der Waals surface area contributed by atoms with Crippen LogP contribution in [0.4, 0.5) is 4.79 Å². The number of carbonyl (C=O) groups excluding carboxylic acids is 1. The molecule has 0 spiro atoms. The van der Waals surface area contributed by atoms with Crippen LogP contribution in [0.2, 0.25) is 0 Å². The van der Waals surface area contributed by atoms with Gasteiger partial charge >= 0.3 is 12.0 Å². The van der Waals surface area contributed by atoms with Gasteiger partial charge in [-0.15, -0.1) is 0 Å². The Kier molecular flexibility index (Phi) is 5.60. The minimum atomic E-state index is -0.927. The molecule has 110 valence electrons. The first kappa shape index (κ1) is 15.8. The Morgan fingerprint density at radius 2 is 2.11 bits per heavy atom. The summed E-state index contributed by atoms with van der Waals surface area (Å²) in [6, 6.07) is -0.0422. The maximum absolute atomic E-state index is 12.2. The van der Waals surface area contributed by atoms with Crippen molar-refractivity contribution in [3.8, 4) is 0 Å². The Bertz CT molecular complexity index is 331. The van der Waals surface area contributed by atoms with E-state index in [1.165, 1.54) is 0 Å².